The third-order valence-electron chi connectivity index (χ3n) is 3.72. The second-order valence-electron chi connectivity index (χ2n) is 4.91. The van der Waals surface area contributed by atoms with Crippen molar-refractivity contribution in [3.63, 3.8) is 0 Å². The van der Waals surface area contributed by atoms with Crippen molar-refractivity contribution in [2.75, 3.05) is 0 Å². The van der Waals surface area contributed by atoms with Crippen LogP contribution in [0, 0.1) is 11.8 Å². The van der Waals surface area contributed by atoms with Crippen molar-refractivity contribution in [2.45, 2.75) is 0 Å². The van der Waals surface area contributed by atoms with Gasteiger partial charge in [-0.1, -0.05) is 42.5 Å². The molecule has 4 rings (SSSR count). The van der Waals surface area contributed by atoms with Gasteiger partial charge in [0, 0.05) is 5.57 Å². The summed E-state index contributed by atoms with van der Waals surface area (Å²) in [6.45, 7) is 0. The van der Waals surface area contributed by atoms with Crippen molar-refractivity contribution in [3.05, 3.63) is 60.0 Å². The van der Waals surface area contributed by atoms with Gasteiger partial charge in [0.25, 0.3) is 5.91 Å². The molecule has 5 heteroatoms. The molecule has 0 radical (unpaired) electrons. The molecule has 98 valence electrons. The van der Waals surface area contributed by atoms with Gasteiger partial charge in [0.2, 0.25) is 5.91 Å². The number of hydrazine groups is 1. The Labute approximate surface area is 115 Å². The van der Waals surface area contributed by atoms with Crippen molar-refractivity contribution in [3.8, 4) is 0 Å². The van der Waals surface area contributed by atoms with Gasteiger partial charge in [-0.05, 0) is 6.08 Å². The molecule has 0 aromatic heterocycles. The number of fused-ring (bicyclic) bond motifs is 3. The Kier molecular flexibility index (Phi) is 2.18. The Morgan fingerprint density at radius 3 is 2.60 bits per heavy atom. The Morgan fingerprint density at radius 2 is 1.75 bits per heavy atom. The Hall–Kier alpha value is -2.69. The lowest BCUT2D eigenvalue weighted by molar-refractivity contribution is -0.142. The van der Waals surface area contributed by atoms with Gasteiger partial charge < -0.3 is 0 Å². The van der Waals surface area contributed by atoms with E-state index in [1.54, 1.807) is 6.08 Å². The Balaban J connectivity index is 1.93. The fourth-order valence-corrected chi connectivity index (χ4v) is 2.73. The molecule has 2 aliphatic heterocycles. The summed E-state index contributed by atoms with van der Waals surface area (Å²) in [5, 5.41) is 1.27. The van der Waals surface area contributed by atoms with Crippen LogP contribution in [0.15, 0.2) is 65.0 Å². The number of allylic oxidation sites excluding steroid dienone is 6. The predicted octanol–water partition coefficient (Wildman–Crippen LogP) is 1.01. The quantitative estimate of drug-likeness (QED) is 0.710. The molecule has 0 saturated heterocycles. The zero-order chi connectivity index (χ0) is 13.7. The highest BCUT2D eigenvalue weighted by atomic mass is 16.2. The van der Waals surface area contributed by atoms with Gasteiger partial charge in [0.1, 0.15) is 5.92 Å². The summed E-state index contributed by atoms with van der Waals surface area (Å²) in [7, 11) is 0. The lowest BCUT2D eigenvalue weighted by Crippen LogP contribution is -2.56. The largest absolute Gasteiger partial charge is 0.272 e. The number of aliphatic imine (C=N–C) groups is 1. The molecule has 0 aromatic carbocycles. The van der Waals surface area contributed by atoms with Crippen LogP contribution >= 0.6 is 0 Å². The first-order valence-electron chi connectivity index (χ1n) is 6.42. The van der Waals surface area contributed by atoms with Crippen molar-refractivity contribution in [1.82, 2.24) is 10.4 Å². The lowest BCUT2D eigenvalue weighted by atomic mass is 9.89. The van der Waals surface area contributed by atoms with Crippen LogP contribution in [0.4, 0.5) is 0 Å². The van der Waals surface area contributed by atoms with E-state index >= 15 is 0 Å². The molecule has 2 amide bonds. The molecule has 2 heterocycles. The monoisotopic (exact) mass is 265 g/mol. The van der Waals surface area contributed by atoms with E-state index < -0.39 is 5.92 Å². The second-order valence-corrected chi connectivity index (χ2v) is 4.91. The van der Waals surface area contributed by atoms with Crippen LogP contribution in [0.2, 0.25) is 0 Å². The average molecular weight is 265 g/mol. The first kappa shape index (κ1) is 11.2. The summed E-state index contributed by atoms with van der Waals surface area (Å²) < 4.78 is 0. The van der Waals surface area contributed by atoms with E-state index in [1.165, 1.54) is 5.01 Å². The fourth-order valence-electron chi connectivity index (χ4n) is 2.73. The van der Waals surface area contributed by atoms with Gasteiger partial charge in [-0.2, -0.15) is 0 Å². The van der Waals surface area contributed by atoms with Crippen molar-refractivity contribution in [2.24, 2.45) is 16.8 Å². The van der Waals surface area contributed by atoms with Gasteiger partial charge in [0.05, 0.1) is 11.6 Å². The normalized spacial score (nSPS) is 29.8. The van der Waals surface area contributed by atoms with Crippen LogP contribution in [0.3, 0.4) is 0 Å². The molecule has 2 atom stereocenters. The van der Waals surface area contributed by atoms with E-state index in [2.05, 4.69) is 10.4 Å². The van der Waals surface area contributed by atoms with E-state index in [4.69, 9.17) is 0 Å². The van der Waals surface area contributed by atoms with Gasteiger partial charge in [0.15, 0.2) is 5.82 Å². The minimum atomic E-state index is -0.413. The van der Waals surface area contributed by atoms with Crippen LogP contribution < -0.4 is 5.43 Å². The van der Waals surface area contributed by atoms with E-state index in [0.717, 1.165) is 5.57 Å². The van der Waals surface area contributed by atoms with Gasteiger partial charge >= 0.3 is 0 Å². The number of hydrogen-bond acceptors (Lipinski definition) is 3. The predicted molar refractivity (Wildman–Crippen MR) is 73.0 cm³/mol. The van der Waals surface area contributed by atoms with Crippen LogP contribution in [0.1, 0.15) is 0 Å². The fraction of sp³-hybridized carbons (Fsp3) is 0.133. The first-order valence-corrected chi connectivity index (χ1v) is 6.42. The average Bonchev–Trinajstić information content (AvgIpc) is 2.49. The van der Waals surface area contributed by atoms with Crippen LogP contribution in [0.5, 0.6) is 0 Å². The third-order valence-corrected chi connectivity index (χ3v) is 3.72. The maximum Gasteiger partial charge on any atom is 0.260 e. The minimum absolute atomic E-state index is 0.173. The number of carbonyl (C=O) groups is 2. The summed E-state index contributed by atoms with van der Waals surface area (Å²) in [6.07, 6.45) is 14.6. The summed E-state index contributed by atoms with van der Waals surface area (Å²) >= 11 is 0. The molecule has 4 aliphatic rings. The van der Waals surface area contributed by atoms with E-state index in [-0.39, 0.29) is 17.7 Å². The zero-order valence-corrected chi connectivity index (χ0v) is 10.5. The zero-order valence-electron chi connectivity index (χ0n) is 10.5. The molecule has 0 saturated carbocycles. The highest BCUT2D eigenvalue weighted by Crippen LogP contribution is 2.33. The number of amides is 2. The number of nitrogens with one attached hydrogen (secondary N) is 1. The van der Waals surface area contributed by atoms with Crippen molar-refractivity contribution < 1.29 is 9.59 Å². The lowest BCUT2D eigenvalue weighted by Gasteiger charge is -2.38. The van der Waals surface area contributed by atoms with Crippen LogP contribution in [-0.4, -0.2) is 22.5 Å². The molecule has 1 N–H and O–H groups in total. The topological polar surface area (TPSA) is 61.8 Å². The summed E-state index contributed by atoms with van der Waals surface area (Å²) in [4.78, 5) is 29.1. The molecule has 0 spiro atoms. The smallest absolute Gasteiger partial charge is 0.260 e. The second kappa shape index (κ2) is 3.90. The van der Waals surface area contributed by atoms with Crippen LogP contribution in [0.25, 0.3) is 0 Å². The molecule has 0 aromatic rings. The van der Waals surface area contributed by atoms with Crippen LogP contribution in [-0.2, 0) is 9.59 Å². The maximum absolute atomic E-state index is 12.5. The van der Waals surface area contributed by atoms with E-state index in [1.807, 2.05) is 42.5 Å². The van der Waals surface area contributed by atoms with Crippen molar-refractivity contribution in [1.29, 1.82) is 0 Å². The molecule has 2 aliphatic carbocycles. The summed E-state index contributed by atoms with van der Waals surface area (Å²) in [5.41, 5.74) is 4.12. The molecule has 5 nitrogen and oxygen atoms in total. The van der Waals surface area contributed by atoms with Gasteiger partial charge in [-0.15, -0.1) is 0 Å². The number of hydrogen-bond donors (Lipinski definition) is 1. The number of nitrogens with zero attached hydrogens (tertiary/aromatic N) is 2. The minimum Gasteiger partial charge on any atom is -0.272 e. The number of rotatable bonds is 0. The highest BCUT2D eigenvalue weighted by molar-refractivity contribution is 6.15. The van der Waals surface area contributed by atoms with Gasteiger partial charge in [-0.25, -0.2) is 10.0 Å². The number of carbonyl (C=O) groups excluding carboxylic acids is 2. The summed E-state index contributed by atoms with van der Waals surface area (Å²) in [6, 6.07) is 0. The molecule has 2 unspecified atom stereocenters. The summed E-state index contributed by atoms with van der Waals surface area (Å²) in [5.74, 6) is -0.640. The van der Waals surface area contributed by atoms with E-state index in [9.17, 15) is 9.59 Å². The molecule has 0 fully saturated rings. The maximum atomic E-state index is 12.5. The first-order chi connectivity index (χ1) is 9.75. The Bertz CT molecular complexity index is 707. The standard InChI is InChI=1S/C15H11N3O2/c19-14-10-6-2-1-5-9(10)13-16-12-8-4-3-7-11(12)15(20)18(13)17-14/h1-8,10-11H,(H,17,19). The van der Waals surface area contributed by atoms with Crippen molar-refractivity contribution >= 4 is 17.5 Å². The Morgan fingerprint density at radius 1 is 1.00 bits per heavy atom. The molecular weight excluding hydrogens is 254 g/mol. The molecule has 0 bridgehead atoms. The molecular formula is C15H11N3O2. The van der Waals surface area contributed by atoms with E-state index in [0.29, 0.717) is 11.5 Å². The third kappa shape index (κ3) is 1.40. The van der Waals surface area contributed by atoms with Gasteiger partial charge in [-0.3, -0.25) is 15.0 Å². The highest BCUT2D eigenvalue weighted by Gasteiger charge is 2.41. The SMILES string of the molecule is O=C1NN2C(=O)C3C=CC=CC3=NC2=C2C=CC=CC12. The molecule has 20 heavy (non-hydrogen) atoms.